The molecule has 2 aromatic rings. The van der Waals surface area contributed by atoms with Crippen LogP contribution in [-0.4, -0.2) is 42.5 Å². The summed E-state index contributed by atoms with van der Waals surface area (Å²) in [7, 11) is 1.66. The van der Waals surface area contributed by atoms with Crippen LogP contribution in [0.5, 0.6) is 5.75 Å². The number of rotatable bonds is 6. The van der Waals surface area contributed by atoms with Gasteiger partial charge in [-0.05, 0) is 49.7 Å². The Hall–Kier alpha value is -1.82. The minimum atomic E-state index is -0.211. The number of methoxy groups -OCH3 is 1. The smallest absolute Gasteiger partial charge is 0.252 e. The lowest BCUT2D eigenvalue weighted by Crippen LogP contribution is -2.40. The van der Waals surface area contributed by atoms with Crippen molar-refractivity contribution < 1.29 is 9.53 Å². The van der Waals surface area contributed by atoms with Crippen molar-refractivity contribution in [1.29, 1.82) is 0 Å². The van der Waals surface area contributed by atoms with E-state index >= 15 is 0 Å². The number of hydrogen-bond donors (Lipinski definition) is 1. The molecule has 144 valence electrons. The number of piperidine rings is 1. The van der Waals surface area contributed by atoms with Gasteiger partial charge in [-0.2, -0.15) is 0 Å². The second kappa shape index (κ2) is 9.40. The van der Waals surface area contributed by atoms with E-state index in [-0.39, 0.29) is 22.1 Å². The monoisotopic (exact) mass is 407 g/mol. The van der Waals surface area contributed by atoms with E-state index < -0.39 is 0 Å². The summed E-state index contributed by atoms with van der Waals surface area (Å²) in [4.78, 5) is 18.9. The Labute approximate surface area is 169 Å². The van der Waals surface area contributed by atoms with Gasteiger partial charge < -0.3 is 10.1 Å². The van der Waals surface area contributed by atoms with E-state index in [1.165, 1.54) is 31.5 Å². The van der Waals surface area contributed by atoms with Crippen LogP contribution in [0, 0.1) is 0 Å². The van der Waals surface area contributed by atoms with Crippen molar-refractivity contribution >= 4 is 29.1 Å². The Balaban J connectivity index is 1.73. The molecule has 1 aliphatic heterocycles. The van der Waals surface area contributed by atoms with Crippen LogP contribution >= 0.6 is 23.2 Å². The number of benzene rings is 1. The summed E-state index contributed by atoms with van der Waals surface area (Å²) in [5.74, 6) is 0.610. The highest BCUT2D eigenvalue weighted by molar-refractivity contribution is 6.41. The maximum absolute atomic E-state index is 12.5. The zero-order valence-electron chi connectivity index (χ0n) is 15.3. The van der Waals surface area contributed by atoms with Crippen molar-refractivity contribution in [2.45, 2.75) is 25.3 Å². The predicted molar refractivity (Wildman–Crippen MR) is 108 cm³/mol. The van der Waals surface area contributed by atoms with Gasteiger partial charge >= 0.3 is 0 Å². The number of amides is 1. The molecular formula is C20H23Cl2N3O2. The Morgan fingerprint density at radius 3 is 2.56 bits per heavy atom. The number of carbonyl (C=O) groups is 1. The van der Waals surface area contributed by atoms with Gasteiger partial charge in [0.2, 0.25) is 0 Å². The number of likely N-dealkylation sites (tertiary alicyclic amines) is 1. The molecule has 0 saturated carbocycles. The molecule has 1 saturated heterocycles. The molecule has 1 aromatic carbocycles. The van der Waals surface area contributed by atoms with Crippen molar-refractivity contribution in [3.63, 3.8) is 0 Å². The normalized spacial score (nSPS) is 16.0. The lowest BCUT2D eigenvalue weighted by atomic mass is 10.0. The fraction of sp³-hybridized carbons (Fsp3) is 0.400. The number of ether oxygens (including phenoxy) is 1. The lowest BCUT2D eigenvalue weighted by Gasteiger charge is -2.35. The quantitative estimate of drug-likeness (QED) is 0.722. The van der Waals surface area contributed by atoms with Gasteiger partial charge in [0.25, 0.3) is 5.91 Å². The average molecular weight is 408 g/mol. The lowest BCUT2D eigenvalue weighted by molar-refractivity contribution is 0.0924. The summed E-state index contributed by atoms with van der Waals surface area (Å²) in [5.41, 5.74) is 1.56. The summed E-state index contributed by atoms with van der Waals surface area (Å²) in [6.45, 7) is 2.56. The Kier molecular flexibility index (Phi) is 6.94. The summed E-state index contributed by atoms with van der Waals surface area (Å²) >= 11 is 11.8. The van der Waals surface area contributed by atoms with Crippen LogP contribution < -0.4 is 10.1 Å². The van der Waals surface area contributed by atoms with E-state index in [2.05, 4.69) is 27.3 Å². The minimum absolute atomic E-state index is 0.107. The molecule has 3 rings (SSSR count). The minimum Gasteiger partial charge on any atom is -0.497 e. The van der Waals surface area contributed by atoms with Gasteiger partial charge in [0.1, 0.15) is 10.9 Å². The molecule has 1 amide bonds. The van der Waals surface area contributed by atoms with E-state index in [0.717, 1.165) is 24.4 Å². The van der Waals surface area contributed by atoms with Crippen LogP contribution in [0.25, 0.3) is 0 Å². The first-order chi connectivity index (χ1) is 13.1. The van der Waals surface area contributed by atoms with Crippen molar-refractivity contribution in [3.05, 3.63) is 57.8 Å². The van der Waals surface area contributed by atoms with Crippen molar-refractivity contribution in [2.24, 2.45) is 0 Å². The third-order valence-corrected chi connectivity index (χ3v) is 5.53. The molecule has 1 N–H and O–H groups in total. The molecule has 2 heterocycles. The second-order valence-electron chi connectivity index (χ2n) is 6.59. The highest BCUT2D eigenvalue weighted by Crippen LogP contribution is 2.26. The molecule has 0 aliphatic carbocycles. The highest BCUT2D eigenvalue weighted by atomic mass is 35.5. The maximum Gasteiger partial charge on any atom is 0.252 e. The molecule has 5 nitrogen and oxygen atoms in total. The molecule has 1 fully saturated rings. The summed E-state index contributed by atoms with van der Waals surface area (Å²) in [6, 6.07) is 9.68. The van der Waals surface area contributed by atoms with E-state index in [9.17, 15) is 4.79 Å². The molecule has 7 heteroatoms. The first-order valence-corrected chi connectivity index (χ1v) is 9.81. The largest absolute Gasteiger partial charge is 0.497 e. The first kappa shape index (κ1) is 19.9. The molecule has 1 aliphatic rings. The van der Waals surface area contributed by atoms with Gasteiger partial charge in [-0.25, -0.2) is 4.98 Å². The van der Waals surface area contributed by atoms with Crippen LogP contribution in [0.4, 0.5) is 0 Å². The van der Waals surface area contributed by atoms with Gasteiger partial charge in [0, 0.05) is 12.7 Å². The number of pyridine rings is 1. The number of aromatic nitrogens is 1. The van der Waals surface area contributed by atoms with Crippen LogP contribution in [0.3, 0.4) is 0 Å². The van der Waals surface area contributed by atoms with E-state index in [0.29, 0.717) is 12.1 Å². The van der Waals surface area contributed by atoms with E-state index in [1.54, 1.807) is 7.11 Å². The van der Waals surface area contributed by atoms with Crippen molar-refractivity contribution in [1.82, 2.24) is 15.2 Å². The fourth-order valence-corrected chi connectivity index (χ4v) is 3.62. The fourth-order valence-electron chi connectivity index (χ4n) is 3.35. The van der Waals surface area contributed by atoms with Gasteiger partial charge in [0.05, 0.1) is 23.7 Å². The molecular weight excluding hydrogens is 385 g/mol. The standard InChI is InChI=1S/C20H23Cl2N3O2/c1-27-16-7-5-14(6-8-16)18(25-9-3-2-4-10-25)13-24-20(26)15-11-17(21)19(22)23-12-15/h5-8,11-12,18H,2-4,9-10,13H2,1H3,(H,24,26). The SMILES string of the molecule is COc1ccc(C(CNC(=O)c2cnc(Cl)c(Cl)c2)N2CCCCC2)cc1. The number of halogens is 2. The summed E-state index contributed by atoms with van der Waals surface area (Å²) in [5, 5.41) is 3.48. The number of nitrogens with one attached hydrogen (secondary N) is 1. The molecule has 1 unspecified atom stereocenters. The number of hydrogen-bond acceptors (Lipinski definition) is 4. The Bertz CT molecular complexity index is 777. The van der Waals surface area contributed by atoms with Crippen LogP contribution in [0.1, 0.15) is 41.2 Å². The van der Waals surface area contributed by atoms with E-state index in [1.807, 2.05) is 12.1 Å². The van der Waals surface area contributed by atoms with Crippen LogP contribution in [-0.2, 0) is 0 Å². The topological polar surface area (TPSA) is 54.5 Å². The second-order valence-corrected chi connectivity index (χ2v) is 7.36. The molecule has 0 radical (unpaired) electrons. The number of carbonyl (C=O) groups excluding carboxylic acids is 1. The zero-order valence-corrected chi connectivity index (χ0v) is 16.8. The third kappa shape index (κ3) is 5.12. The highest BCUT2D eigenvalue weighted by Gasteiger charge is 2.23. The third-order valence-electron chi connectivity index (χ3n) is 4.85. The molecule has 1 atom stereocenters. The van der Waals surface area contributed by atoms with Gasteiger partial charge in [0.15, 0.2) is 0 Å². The van der Waals surface area contributed by atoms with Gasteiger partial charge in [-0.3, -0.25) is 9.69 Å². The zero-order chi connectivity index (χ0) is 19.2. The van der Waals surface area contributed by atoms with Gasteiger partial charge in [-0.1, -0.05) is 41.8 Å². The van der Waals surface area contributed by atoms with Gasteiger partial charge in [-0.15, -0.1) is 0 Å². The van der Waals surface area contributed by atoms with Crippen molar-refractivity contribution in [2.75, 3.05) is 26.7 Å². The maximum atomic E-state index is 12.5. The molecule has 0 spiro atoms. The summed E-state index contributed by atoms with van der Waals surface area (Å²) in [6.07, 6.45) is 5.05. The first-order valence-electron chi connectivity index (χ1n) is 9.05. The Morgan fingerprint density at radius 1 is 1.22 bits per heavy atom. The average Bonchev–Trinajstić information content (AvgIpc) is 2.71. The van der Waals surface area contributed by atoms with Crippen LogP contribution in [0.2, 0.25) is 10.2 Å². The van der Waals surface area contributed by atoms with Crippen molar-refractivity contribution in [3.8, 4) is 5.75 Å². The Morgan fingerprint density at radius 2 is 1.93 bits per heavy atom. The number of nitrogens with zero attached hydrogens (tertiary/aromatic N) is 2. The molecule has 27 heavy (non-hydrogen) atoms. The molecule has 1 aromatic heterocycles. The van der Waals surface area contributed by atoms with Crippen LogP contribution in [0.15, 0.2) is 36.5 Å². The summed E-state index contributed by atoms with van der Waals surface area (Å²) < 4.78 is 5.26. The predicted octanol–water partition coefficient (Wildman–Crippen LogP) is 4.35. The van der Waals surface area contributed by atoms with E-state index in [4.69, 9.17) is 27.9 Å². The molecule has 0 bridgehead atoms.